The van der Waals surface area contributed by atoms with Crippen LogP contribution in [0.4, 0.5) is 0 Å². The molecule has 65 heavy (non-hydrogen) atoms. The number of rotatable bonds is 17. The van der Waals surface area contributed by atoms with E-state index in [1.54, 1.807) is 30.5 Å². The van der Waals surface area contributed by atoms with Gasteiger partial charge in [0.25, 0.3) is 5.91 Å². The first-order valence-corrected chi connectivity index (χ1v) is 25.5. The maximum absolute atomic E-state index is 14.2. The van der Waals surface area contributed by atoms with Gasteiger partial charge in [-0.1, -0.05) is 26.0 Å². The summed E-state index contributed by atoms with van der Waals surface area (Å²) in [5.74, 6) is -2.07. The molecule has 0 aliphatic carbocycles. The van der Waals surface area contributed by atoms with Gasteiger partial charge in [-0.05, 0) is 80.4 Å². The van der Waals surface area contributed by atoms with Crippen molar-refractivity contribution in [1.29, 1.82) is 0 Å². The Balaban J connectivity index is 2.10. The van der Waals surface area contributed by atoms with Crippen molar-refractivity contribution in [1.82, 2.24) is 10.2 Å². The van der Waals surface area contributed by atoms with E-state index >= 15 is 0 Å². The van der Waals surface area contributed by atoms with E-state index in [1.807, 2.05) is 41.5 Å². The molecule has 2 rings (SSSR count). The fourth-order valence-corrected chi connectivity index (χ4v) is 8.92. The van der Waals surface area contributed by atoms with Crippen LogP contribution in [0.1, 0.15) is 103 Å². The molecule has 0 spiro atoms. The van der Waals surface area contributed by atoms with E-state index in [4.69, 9.17) is 42.6 Å². The highest BCUT2D eigenvalue weighted by atomic mass is 32.2. The third-order valence-electron chi connectivity index (χ3n) is 10.2. The Morgan fingerprint density at radius 1 is 0.615 bits per heavy atom. The molecule has 1 heterocycles. The minimum atomic E-state index is -3.78. The van der Waals surface area contributed by atoms with E-state index in [0.29, 0.717) is 97.9 Å². The third kappa shape index (κ3) is 26.8. The van der Waals surface area contributed by atoms with E-state index in [1.165, 1.54) is 24.3 Å². The molecular formula is C47H82N2O14S2. The Bertz CT molecular complexity index is 1590. The molecule has 1 aromatic rings. The first-order chi connectivity index (χ1) is 30.5. The van der Waals surface area contributed by atoms with Gasteiger partial charge in [0, 0.05) is 53.8 Å². The predicted molar refractivity (Wildman–Crippen MR) is 254 cm³/mol. The highest BCUT2D eigenvalue weighted by Crippen LogP contribution is 2.33. The van der Waals surface area contributed by atoms with Gasteiger partial charge >= 0.3 is 0 Å². The van der Waals surface area contributed by atoms with Crippen molar-refractivity contribution in [3.63, 3.8) is 0 Å². The van der Waals surface area contributed by atoms with Crippen molar-refractivity contribution < 1.29 is 65.4 Å². The van der Waals surface area contributed by atoms with Gasteiger partial charge in [0.2, 0.25) is 5.91 Å². The Morgan fingerprint density at radius 3 is 1.42 bits per heavy atom. The summed E-state index contributed by atoms with van der Waals surface area (Å²) in [5, 5.41) is 2.69. The summed E-state index contributed by atoms with van der Waals surface area (Å²) in [6.45, 7) is 25.7. The summed E-state index contributed by atoms with van der Waals surface area (Å²) >= 11 is 1.55. The maximum Gasteiger partial charge on any atom is 0.251 e. The van der Waals surface area contributed by atoms with Crippen molar-refractivity contribution in [3.8, 4) is 0 Å². The number of amides is 2. The summed E-state index contributed by atoms with van der Waals surface area (Å²) < 4.78 is 77.4. The lowest BCUT2D eigenvalue weighted by Gasteiger charge is -2.31. The molecule has 0 bridgehead atoms. The molecule has 1 unspecified atom stereocenters. The Kier molecular flexibility index (Phi) is 27.5. The molecule has 1 saturated heterocycles. The molecule has 16 nitrogen and oxygen atoms in total. The second-order valence-corrected chi connectivity index (χ2v) is 23.4. The molecule has 376 valence electrons. The van der Waals surface area contributed by atoms with Crippen LogP contribution in [-0.4, -0.2) is 188 Å². The van der Waals surface area contributed by atoms with Crippen LogP contribution >= 0.6 is 11.8 Å². The zero-order valence-electron chi connectivity index (χ0n) is 41.1. The van der Waals surface area contributed by atoms with Crippen LogP contribution in [-0.2, 0) is 57.3 Å². The number of ether oxygens (including phenoxy) is 9. The number of carbonyl (C=O) groups is 3. The number of thioether (sulfide) groups is 1. The molecule has 1 aliphatic rings. The van der Waals surface area contributed by atoms with Gasteiger partial charge in [-0.3, -0.25) is 14.4 Å². The van der Waals surface area contributed by atoms with Gasteiger partial charge in [-0.2, -0.15) is 11.8 Å². The van der Waals surface area contributed by atoms with Crippen molar-refractivity contribution in [2.24, 2.45) is 5.92 Å². The number of Topliss-reactive ketones (excluding diaryl/α,β-unsaturated/α-hetero) is 1. The van der Waals surface area contributed by atoms with Gasteiger partial charge in [-0.25, -0.2) is 8.42 Å². The summed E-state index contributed by atoms with van der Waals surface area (Å²) in [6.07, 6.45) is 0.982. The van der Waals surface area contributed by atoms with Gasteiger partial charge in [-0.15, -0.1) is 0 Å². The fraction of sp³-hybridized carbons (Fsp3) is 0.809. The first kappa shape index (κ1) is 58.9. The number of nitrogens with zero attached hydrogens (tertiary/aromatic N) is 1. The van der Waals surface area contributed by atoms with Crippen molar-refractivity contribution in [2.45, 2.75) is 103 Å². The minimum absolute atomic E-state index is 0.243. The predicted octanol–water partition coefficient (Wildman–Crippen LogP) is 5.29. The standard InChI is InChI=1S/C47H82N2O14S2/c1-44(2,3)62-19-15-46(7,8)64-36-40(37-65(53,54)47(9,10)16-20-63-45(4,5)6)42(51)38-11-13-39(14-12-38)43(52)48-35-41(50)49-17-21-55-23-25-57-27-29-59-31-33-61-34-32-60-30-28-58-26-24-56-22-18-49/h11-14,40H,15-37H2,1-10H3,(H,48,52). The number of benzene rings is 1. The topological polar surface area (TPSA) is 184 Å². The number of hydrogen-bond acceptors (Lipinski definition) is 15. The smallest absolute Gasteiger partial charge is 0.251 e. The molecular weight excluding hydrogens is 881 g/mol. The molecule has 1 aliphatic heterocycles. The van der Waals surface area contributed by atoms with Crippen LogP contribution in [0.15, 0.2) is 24.3 Å². The molecule has 0 saturated carbocycles. The quantitative estimate of drug-likeness (QED) is 0.199. The molecule has 1 N–H and O–H groups in total. The first-order valence-electron chi connectivity index (χ1n) is 22.9. The second kappa shape index (κ2) is 30.3. The van der Waals surface area contributed by atoms with E-state index in [2.05, 4.69) is 19.2 Å². The largest absolute Gasteiger partial charge is 0.377 e. The number of nitrogens with one attached hydrogen (secondary N) is 1. The monoisotopic (exact) mass is 963 g/mol. The van der Waals surface area contributed by atoms with E-state index < -0.39 is 32.0 Å². The highest BCUT2D eigenvalue weighted by Gasteiger charge is 2.39. The fourth-order valence-electron chi connectivity index (χ4n) is 5.97. The third-order valence-corrected chi connectivity index (χ3v) is 14.5. The zero-order valence-corrected chi connectivity index (χ0v) is 42.8. The molecule has 1 fully saturated rings. The van der Waals surface area contributed by atoms with Crippen LogP contribution in [0.25, 0.3) is 0 Å². The molecule has 0 aromatic heterocycles. The van der Waals surface area contributed by atoms with Crippen LogP contribution in [0.3, 0.4) is 0 Å². The lowest BCUT2D eigenvalue weighted by atomic mass is 9.99. The maximum atomic E-state index is 14.2. The molecule has 18 heteroatoms. The van der Waals surface area contributed by atoms with Crippen LogP contribution in [0.5, 0.6) is 0 Å². The van der Waals surface area contributed by atoms with Crippen molar-refractivity contribution in [2.75, 3.05) is 137 Å². The SMILES string of the molecule is CC(C)(C)OCCC(C)(C)SCC(CS(=O)(=O)C(C)(C)CCOC(C)(C)C)C(=O)c1ccc(C(=O)NCC(=O)N2CCOCCOCCOCCOCCOCCOCCOCC2)cc1. The average molecular weight is 963 g/mol. The zero-order chi connectivity index (χ0) is 48.4. The number of ketones is 1. The summed E-state index contributed by atoms with van der Waals surface area (Å²) in [4.78, 5) is 42.5. The summed E-state index contributed by atoms with van der Waals surface area (Å²) in [7, 11) is -3.78. The molecule has 0 radical (unpaired) electrons. The summed E-state index contributed by atoms with van der Waals surface area (Å²) in [6, 6.07) is 6.10. The van der Waals surface area contributed by atoms with Gasteiger partial charge < -0.3 is 52.8 Å². The second-order valence-electron chi connectivity index (χ2n) is 19.0. The van der Waals surface area contributed by atoms with E-state index in [9.17, 15) is 22.8 Å². The average Bonchev–Trinajstić information content (AvgIpc) is 3.21. The normalized spacial score (nSPS) is 18.0. The lowest BCUT2D eigenvalue weighted by molar-refractivity contribution is -0.131. The van der Waals surface area contributed by atoms with Crippen molar-refractivity contribution >= 4 is 39.2 Å². The minimum Gasteiger partial charge on any atom is -0.377 e. The van der Waals surface area contributed by atoms with E-state index in [-0.39, 0.29) is 85.0 Å². The van der Waals surface area contributed by atoms with Crippen LogP contribution in [0, 0.1) is 5.92 Å². The van der Waals surface area contributed by atoms with Crippen LogP contribution in [0.2, 0.25) is 0 Å². The number of hydrogen-bond donors (Lipinski definition) is 1. The van der Waals surface area contributed by atoms with Crippen molar-refractivity contribution in [3.05, 3.63) is 35.4 Å². The summed E-state index contributed by atoms with van der Waals surface area (Å²) in [5.41, 5.74) is -0.175. The number of sulfone groups is 1. The highest BCUT2D eigenvalue weighted by molar-refractivity contribution is 8.00. The van der Waals surface area contributed by atoms with Gasteiger partial charge in [0.1, 0.15) is 0 Å². The van der Waals surface area contributed by atoms with Gasteiger partial charge in [0.05, 0.1) is 121 Å². The Hall–Kier alpha value is -2.23. The Labute approximate surface area is 394 Å². The number of carbonyl (C=O) groups excluding carboxylic acids is 3. The molecule has 2 amide bonds. The van der Waals surface area contributed by atoms with Crippen LogP contribution < -0.4 is 5.32 Å². The molecule has 1 atom stereocenters. The Morgan fingerprint density at radius 2 is 1.00 bits per heavy atom. The van der Waals surface area contributed by atoms with E-state index in [0.717, 1.165) is 0 Å². The van der Waals surface area contributed by atoms with Gasteiger partial charge in [0.15, 0.2) is 15.6 Å². The lowest BCUT2D eigenvalue weighted by Crippen LogP contribution is -2.43. The molecule has 1 aromatic carbocycles.